The maximum atomic E-state index is 13.2. The van der Waals surface area contributed by atoms with Crippen LogP contribution in [0.2, 0.25) is 0 Å². The van der Waals surface area contributed by atoms with Gasteiger partial charge in [-0.1, -0.05) is 12.1 Å². The Kier molecular flexibility index (Phi) is 6.86. The van der Waals surface area contributed by atoms with Crippen LogP contribution in [0, 0.1) is 19.7 Å². The summed E-state index contributed by atoms with van der Waals surface area (Å²) < 4.78 is 20.0. The smallest absolute Gasteiger partial charge is 0.257 e. The summed E-state index contributed by atoms with van der Waals surface area (Å²) >= 11 is 0. The first-order valence-corrected chi connectivity index (χ1v) is 9.64. The van der Waals surface area contributed by atoms with Gasteiger partial charge in [0.25, 0.3) is 5.91 Å². The number of rotatable bonds is 7. The Morgan fingerprint density at radius 1 is 1.03 bits per heavy atom. The number of aryl methyl sites for hydroxylation is 1. The lowest BCUT2D eigenvalue weighted by atomic mass is 10.1. The Balaban J connectivity index is 1.55. The average molecular weight is 425 g/mol. The summed E-state index contributed by atoms with van der Waals surface area (Å²) in [5, 5.41) is 7.40. The Hall–Kier alpha value is -3.88. The molecule has 0 fully saturated rings. The third-order valence-corrected chi connectivity index (χ3v) is 4.74. The van der Waals surface area contributed by atoms with Gasteiger partial charge in [-0.3, -0.25) is 20.4 Å². The molecule has 3 aromatic rings. The highest BCUT2D eigenvalue weighted by Gasteiger charge is 2.16. The number of nitrogens with one attached hydrogen (secondary N) is 3. The summed E-state index contributed by atoms with van der Waals surface area (Å²) in [6.45, 7) is 3.59. The molecule has 1 aromatic heterocycles. The van der Waals surface area contributed by atoms with E-state index >= 15 is 0 Å². The van der Waals surface area contributed by atoms with Gasteiger partial charge in [0.05, 0.1) is 37.1 Å². The summed E-state index contributed by atoms with van der Waals surface area (Å²) in [7, 11) is 1.54. The molecular weight excluding hydrogens is 401 g/mol. The minimum Gasteiger partial charge on any atom is -0.495 e. The van der Waals surface area contributed by atoms with Gasteiger partial charge < -0.3 is 10.1 Å². The van der Waals surface area contributed by atoms with E-state index in [1.807, 2.05) is 19.1 Å². The quantitative estimate of drug-likeness (QED) is 0.505. The van der Waals surface area contributed by atoms with Crippen LogP contribution in [0.25, 0.3) is 5.69 Å². The number of para-hydroxylation sites is 2. The van der Waals surface area contributed by atoms with Crippen molar-refractivity contribution in [2.75, 3.05) is 19.0 Å². The second-order valence-electron chi connectivity index (χ2n) is 6.86. The van der Waals surface area contributed by atoms with Crippen molar-refractivity contribution < 1.29 is 18.7 Å². The number of hydrazine groups is 1. The second-order valence-corrected chi connectivity index (χ2v) is 6.86. The van der Waals surface area contributed by atoms with Crippen LogP contribution in [0.4, 0.5) is 10.1 Å². The zero-order valence-corrected chi connectivity index (χ0v) is 17.5. The molecule has 2 amide bonds. The molecule has 0 bridgehead atoms. The van der Waals surface area contributed by atoms with Crippen LogP contribution in [-0.4, -0.2) is 35.2 Å². The van der Waals surface area contributed by atoms with Crippen LogP contribution in [0.15, 0.2) is 48.5 Å². The van der Waals surface area contributed by atoms with Gasteiger partial charge in [0.1, 0.15) is 11.6 Å². The largest absolute Gasteiger partial charge is 0.495 e. The summed E-state index contributed by atoms with van der Waals surface area (Å²) in [5.41, 5.74) is 8.35. The molecule has 8 nitrogen and oxygen atoms in total. The van der Waals surface area contributed by atoms with Crippen LogP contribution >= 0.6 is 0 Å². The van der Waals surface area contributed by atoms with Crippen molar-refractivity contribution in [1.82, 2.24) is 20.6 Å². The molecule has 3 rings (SSSR count). The van der Waals surface area contributed by atoms with Gasteiger partial charge in [-0.15, -0.1) is 0 Å². The third kappa shape index (κ3) is 5.39. The van der Waals surface area contributed by atoms with Gasteiger partial charge in [0.15, 0.2) is 0 Å². The summed E-state index contributed by atoms with van der Waals surface area (Å²) in [6.07, 6.45) is 0.0408. The van der Waals surface area contributed by atoms with E-state index in [4.69, 9.17) is 4.74 Å². The van der Waals surface area contributed by atoms with E-state index in [2.05, 4.69) is 21.3 Å². The summed E-state index contributed by atoms with van der Waals surface area (Å²) in [5.74, 6) is -0.505. The number of nitrogens with zero attached hydrogens (tertiary/aromatic N) is 2. The minimum atomic E-state index is -0.408. The van der Waals surface area contributed by atoms with Crippen molar-refractivity contribution in [3.05, 3.63) is 71.3 Å². The van der Waals surface area contributed by atoms with Gasteiger partial charge in [-0.05, 0) is 50.2 Å². The van der Waals surface area contributed by atoms with Crippen molar-refractivity contribution >= 4 is 17.5 Å². The van der Waals surface area contributed by atoms with Gasteiger partial charge in [-0.25, -0.2) is 9.07 Å². The number of benzene rings is 2. The lowest BCUT2D eigenvalue weighted by molar-refractivity contribution is -0.127. The topological polar surface area (TPSA) is 97.3 Å². The number of hydrogen-bond donors (Lipinski definition) is 3. The molecule has 9 heteroatoms. The van der Waals surface area contributed by atoms with Crippen LogP contribution < -0.4 is 20.9 Å². The fraction of sp³-hybridized carbons (Fsp3) is 0.227. The van der Waals surface area contributed by atoms with E-state index in [0.29, 0.717) is 22.8 Å². The van der Waals surface area contributed by atoms with Crippen molar-refractivity contribution in [3.63, 3.8) is 0 Å². The molecule has 0 atom stereocenters. The predicted octanol–water partition coefficient (Wildman–Crippen LogP) is 2.44. The highest BCUT2D eigenvalue weighted by atomic mass is 19.1. The van der Waals surface area contributed by atoms with Crippen molar-refractivity contribution in [2.45, 2.75) is 20.3 Å². The van der Waals surface area contributed by atoms with Gasteiger partial charge >= 0.3 is 0 Å². The maximum Gasteiger partial charge on any atom is 0.257 e. The molecule has 162 valence electrons. The molecule has 0 aliphatic heterocycles. The fourth-order valence-electron chi connectivity index (χ4n) is 3.12. The van der Waals surface area contributed by atoms with E-state index in [1.54, 1.807) is 43.0 Å². The Morgan fingerprint density at radius 3 is 2.42 bits per heavy atom. The number of methoxy groups -OCH3 is 1. The minimum absolute atomic E-state index is 0.0405. The van der Waals surface area contributed by atoms with Crippen molar-refractivity contribution in [1.29, 1.82) is 0 Å². The van der Waals surface area contributed by atoms with Crippen LogP contribution in [-0.2, 0) is 16.0 Å². The van der Waals surface area contributed by atoms with E-state index in [0.717, 1.165) is 11.3 Å². The number of aromatic nitrogens is 2. The van der Waals surface area contributed by atoms with Gasteiger partial charge in [0, 0.05) is 11.3 Å². The number of amides is 2. The zero-order chi connectivity index (χ0) is 22.4. The van der Waals surface area contributed by atoms with Crippen LogP contribution in [0.1, 0.15) is 17.0 Å². The molecule has 0 aliphatic carbocycles. The Labute approximate surface area is 179 Å². The molecule has 0 radical (unpaired) electrons. The Morgan fingerprint density at radius 2 is 1.71 bits per heavy atom. The molecule has 0 saturated heterocycles. The third-order valence-electron chi connectivity index (χ3n) is 4.74. The molecule has 31 heavy (non-hydrogen) atoms. The number of ether oxygens (including phenoxy) is 1. The van der Waals surface area contributed by atoms with E-state index < -0.39 is 5.91 Å². The number of carbonyl (C=O) groups is 2. The van der Waals surface area contributed by atoms with Crippen molar-refractivity contribution in [2.24, 2.45) is 0 Å². The molecule has 3 N–H and O–H groups in total. The monoisotopic (exact) mass is 425 g/mol. The van der Waals surface area contributed by atoms with E-state index in [-0.39, 0.29) is 24.7 Å². The molecule has 1 heterocycles. The lowest BCUT2D eigenvalue weighted by Crippen LogP contribution is -2.44. The molecule has 0 aliphatic rings. The number of anilines is 1. The lowest BCUT2D eigenvalue weighted by Gasteiger charge is -2.11. The highest BCUT2D eigenvalue weighted by Crippen LogP contribution is 2.22. The first-order valence-electron chi connectivity index (χ1n) is 9.64. The van der Waals surface area contributed by atoms with Crippen LogP contribution in [0.3, 0.4) is 0 Å². The second kappa shape index (κ2) is 9.75. The molecule has 0 spiro atoms. The number of carbonyl (C=O) groups excluding carboxylic acids is 2. The van der Waals surface area contributed by atoms with Crippen LogP contribution in [0.5, 0.6) is 5.75 Å². The molecule has 2 aromatic carbocycles. The molecular formula is C22H24FN5O3. The van der Waals surface area contributed by atoms with Gasteiger partial charge in [-0.2, -0.15) is 5.10 Å². The zero-order valence-electron chi connectivity index (χ0n) is 17.5. The van der Waals surface area contributed by atoms with Gasteiger partial charge in [0.2, 0.25) is 5.91 Å². The predicted molar refractivity (Wildman–Crippen MR) is 114 cm³/mol. The highest BCUT2D eigenvalue weighted by molar-refractivity contribution is 5.85. The maximum absolute atomic E-state index is 13.2. The molecule has 0 saturated carbocycles. The first kappa shape index (κ1) is 21.8. The normalized spacial score (nSPS) is 10.5. The number of hydrogen-bond acceptors (Lipinski definition) is 5. The SMILES string of the molecule is COc1ccccc1NCC(=O)NNC(=O)Cc1c(C)nn(-c2ccc(F)cc2)c1C. The first-order chi connectivity index (χ1) is 14.9. The average Bonchev–Trinajstić information content (AvgIpc) is 3.05. The fourth-order valence-corrected chi connectivity index (χ4v) is 3.12. The van der Waals surface area contributed by atoms with E-state index in [1.165, 1.54) is 12.1 Å². The molecule has 0 unspecified atom stereocenters. The number of halogens is 1. The van der Waals surface area contributed by atoms with Crippen molar-refractivity contribution in [3.8, 4) is 11.4 Å². The summed E-state index contributed by atoms with van der Waals surface area (Å²) in [6, 6.07) is 13.2. The summed E-state index contributed by atoms with van der Waals surface area (Å²) in [4.78, 5) is 24.4. The Bertz CT molecular complexity index is 1080. The standard InChI is InChI=1S/C22H24FN5O3/c1-14-18(15(2)28(27-14)17-10-8-16(23)9-11-17)12-21(29)25-26-22(30)13-24-19-6-4-5-7-20(19)31-3/h4-11,24H,12-13H2,1-3H3,(H,25,29)(H,26,30). The van der Waals surface area contributed by atoms with E-state index in [9.17, 15) is 14.0 Å².